The molecule has 6 nitrogen and oxygen atoms in total. The standard InChI is InChI=1S/C6H11N3.C5H9N3/c1-4(7)6-3-8-5(2)9-6;1-4(6)5-7-2-3-8-5/h3-4H,7H2,1-2H3,(H,8,9);2-4H,6H2,1H3,(H,7,8). The van der Waals surface area contributed by atoms with E-state index >= 15 is 0 Å². The van der Waals surface area contributed by atoms with E-state index in [-0.39, 0.29) is 12.1 Å². The van der Waals surface area contributed by atoms with E-state index in [4.69, 9.17) is 11.5 Å². The molecule has 2 atom stereocenters. The van der Waals surface area contributed by atoms with Crippen molar-refractivity contribution in [2.24, 2.45) is 11.5 Å². The van der Waals surface area contributed by atoms with Crippen LogP contribution in [0.3, 0.4) is 0 Å². The van der Waals surface area contributed by atoms with Crippen LogP contribution in [0.2, 0.25) is 0 Å². The maximum atomic E-state index is 5.56. The molecule has 0 fully saturated rings. The van der Waals surface area contributed by atoms with Crippen LogP contribution in [0.5, 0.6) is 0 Å². The number of hydrogen-bond donors (Lipinski definition) is 4. The third-order valence-corrected chi connectivity index (χ3v) is 2.16. The average molecular weight is 236 g/mol. The van der Waals surface area contributed by atoms with Gasteiger partial charge in [0.05, 0.1) is 11.7 Å². The van der Waals surface area contributed by atoms with E-state index in [1.807, 2.05) is 20.8 Å². The van der Waals surface area contributed by atoms with Crippen molar-refractivity contribution in [3.05, 3.63) is 35.9 Å². The monoisotopic (exact) mass is 236 g/mol. The molecule has 2 heterocycles. The van der Waals surface area contributed by atoms with Crippen LogP contribution < -0.4 is 11.5 Å². The summed E-state index contributed by atoms with van der Waals surface area (Å²) in [6, 6.07) is 0.0798. The fourth-order valence-electron chi connectivity index (χ4n) is 1.20. The molecule has 0 aliphatic carbocycles. The van der Waals surface area contributed by atoms with Gasteiger partial charge in [0, 0.05) is 24.6 Å². The molecule has 0 amide bonds. The Labute approximate surface area is 101 Å². The highest BCUT2D eigenvalue weighted by Crippen LogP contribution is 2.04. The Bertz CT molecular complexity index is 415. The van der Waals surface area contributed by atoms with Crippen molar-refractivity contribution in [2.45, 2.75) is 32.9 Å². The fraction of sp³-hybridized carbons (Fsp3) is 0.455. The van der Waals surface area contributed by atoms with Gasteiger partial charge in [-0.25, -0.2) is 9.97 Å². The molecule has 0 spiro atoms. The molecule has 0 radical (unpaired) electrons. The molecule has 2 unspecified atom stereocenters. The molecule has 0 aromatic carbocycles. The molecule has 6 heteroatoms. The largest absolute Gasteiger partial charge is 0.347 e. The van der Waals surface area contributed by atoms with Crippen molar-refractivity contribution < 1.29 is 0 Å². The zero-order valence-electron chi connectivity index (χ0n) is 10.4. The van der Waals surface area contributed by atoms with Gasteiger partial charge in [0.15, 0.2) is 0 Å². The first-order valence-corrected chi connectivity index (χ1v) is 5.52. The number of nitrogens with one attached hydrogen (secondary N) is 2. The highest BCUT2D eigenvalue weighted by molar-refractivity contribution is 5.03. The van der Waals surface area contributed by atoms with Gasteiger partial charge in [0.2, 0.25) is 0 Å². The van der Waals surface area contributed by atoms with Crippen molar-refractivity contribution in [1.29, 1.82) is 0 Å². The SMILES string of the molecule is CC(N)c1ncc[nH]1.Cc1ncc(C(C)N)[nH]1. The average Bonchev–Trinajstić information content (AvgIpc) is 2.87. The summed E-state index contributed by atoms with van der Waals surface area (Å²) in [6.07, 6.45) is 5.22. The summed E-state index contributed by atoms with van der Waals surface area (Å²) in [5, 5.41) is 0. The van der Waals surface area contributed by atoms with Gasteiger partial charge in [-0.3, -0.25) is 0 Å². The van der Waals surface area contributed by atoms with Crippen LogP contribution in [0, 0.1) is 6.92 Å². The van der Waals surface area contributed by atoms with E-state index in [0.29, 0.717) is 0 Å². The Morgan fingerprint density at radius 2 is 1.88 bits per heavy atom. The lowest BCUT2D eigenvalue weighted by molar-refractivity contribution is 0.756. The summed E-state index contributed by atoms with van der Waals surface area (Å²) in [6.45, 7) is 5.72. The van der Waals surface area contributed by atoms with E-state index in [9.17, 15) is 0 Å². The summed E-state index contributed by atoms with van der Waals surface area (Å²) in [4.78, 5) is 13.9. The predicted molar refractivity (Wildman–Crippen MR) is 67.1 cm³/mol. The van der Waals surface area contributed by atoms with E-state index in [1.54, 1.807) is 18.6 Å². The molecule has 17 heavy (non-hydrogen) atoms. The van der Waals surface area contributed by atoms with E-state index < -0.39 is 0 Å². The first kappa shape index (κ1) is 13.4. The highest BCUT2D eigenvalue weighted by Gasteiger charge is 1.99. The molecule has 94 valence electrons. The summed E-state index contributed by atoms with van der Waals surface area (Å²) in [5.74, 6) is 1.76. The highest BCUT2D eigenvalue weighted by atomic mass is 14.9. The minimum atomic E-state index is 0.0185. The lowest BCUT2D eigenvalue weighted by atomic mass is 10.3. The maximum Gasteiger partial charge on any atom is 0.122 e. The van der Waals surface area contributed by atoms with Crippen LogP contribution >= 0.6 is 0 Å². The molecular formula is C11H20N6. The Kier molecular flexibility index (Phi) is 4.86. The molecule has 0 saturated carbocycles. The topological polar surface area (TPSA) is 109 Å². The van der Waals surface area contributed by atoms with Crippen molar-refractivity contribution in [3.63, 3.8) is 0 Å². The van der Waals surface area contributed by atoms with Crippen LogP contribution in [0.1, 0.15) is 43.3 Å². The van der Waals surface area contributed by atoms with Crippen molar-refractivity contribution in [1.82, 2.24) is 19.9 Å². The molecule has 0 bridgehead atoms. The Morgan fingerprint density at radius 1 is 1.18 bits per heavy atom. The minimum absolute atomic E-state index is 0.0185. The van der Waals surface area contributed by atoms with Crippen LogP contribution in [-0.2, 0) is 0 Å². The predicted octanol–water partition coefficient (Wildman–Crippen LogP) is 1.17. The van der Waals surface area contributed by atoms with E-state index in [1.165, 1.54) is 0 Å². The van der Waals surface area contributed by atoms with E-state index in [0.717, 1.165) is 17.3 Å². The second-order valence-corrected chi connectivity index (χ2v) is 3.98. The Morgan fingerprint density at radius 3 is 2.12 bits per heavy atom. The third-order valence-electron chi connectivity index (χ3n) is 2.16. The van der Waals surface area contributed by atoms with Crippen molar-refractivity contribution in [3.8, 4) is 0 Å². The zero-order chi connectivity index (χ0) is 12.8. The van der Waals surface area contributed by atoms with Crippen molar-refractivity contribution >= 4 is 0 Å². The molecule has 0 aliphatic rings. The number of aryl methyl sites for hydroxylation is 1. The fourth-order valence-corrected chi connectivity index (χ4v) is 1.20. The van der Waals surface area contributed by atoms with Gasteiger partial charge in [-0.1, -0.05) is 0 Å². The van der Waals surface area contributed by atoms with Crippen LogP contribution in [0.15, 0.2) is 18.6 Å². The lowest BCUT2D eigenvalue weighted by Crippen LogP contribution is -2.06. The number of nitrogens with zero attached hydrogens (tertiary/aromatic N) is 2. The number of H-pyrrole nitrogens is 2. The van der Waals surface area contributed by atoms with Crippen LogP contribution in [0.4, 0.5) is 0 Å². The normalized spacial score (nSPS) is 13.7. The molecular weight excluding hydrogens is 216 g/mol. The second-order valence-electron chi connectivity index (χ2n) is 3.98. The van der Waals surface area contributed by atoms with Gasteiger partial charge in [-0.15, -0.1) is 0 Å². The number of rotatable bonds is 2. The smallest absolute Gasteiger partial charge is 0.122 e. The quantitative estimate of drug-likeness (QED) is 0.627. The van der Waals surface area contributed by atoms with Gasteiger partial charge >= 0.3 is 0 Å². The molecule has 0 aliphatic heterocycles. The molecule has 2 aromatic heterocycles. The molecule has 2 aromatic rings. The number of aromatic amines is 2. The molecule has 0 saturated heterocycles. The Hall–Kier alpha value is -1.66. The van der Waals surface area contributed by atoms with E-state index in [2.05, 4.69) is 19.9 Å². The van der Waals surface area contributed by atoms with Gasteiger partial charge in [-0.05, 0) is 20.8 Å². The van der Waals surface area contributed by atoms with Gasteiger partial charge < -0.3 is 21.4 Å². The van der Waals surface area contributed by atoms with Gasteiger partial charge in [-0.2, -0.15) is 0 Å². The van der Waals surface area contributed by atoms with Gasteiger partial charge in [0.25, 0.3) is 0 Å². The summed E-state index contributed by atoms with van der Waals surface area (Å²) in [7, 11) is 0. The maximum absolute atomic E-state index is 5.56. The number of aromatic nitrogens is 4. The minimum Gasteiger partial charge on any atom is -0.347 e. The summed E-state index contributed by atoms with van der Waals surface area (Å²) < 4.78 is 0. The molecule has 6 N–H and O–H groups in total. The number of imidazole rings is 2. The van der Waals surface area contributed by atoms with Crippen molar-refractivity contribution in [2.75, 3.05) is 0 Å². The lowest BCUT2D eigenvalue weighted by Gasteiger charge is -1.97. The first-order chi connectivity index (χ1) is 8.00. The number of nitrogens with two attached hydrogens (primary N) is 2. The first-order valence-electron chi connectivity index (χ1n) is 5.52. The number of hydrogen-bond acceptors (Lipinski definition) is 4. The second kappa shape index (κ2) is 6.17. The van der Waals surface area contributed by atoms with Crippen LogP contribution in [0.25, 0.3) is 0 Å². The summed E-state index contributed by atoms with van der Waals surface area (Å²) in [5.41, 5.74) is 12.0. The zero-order valence-corrected chi connectivity index (χ0v) is 10.4. The Balaban J connectivity index is 0.000000171. The van der Waals surface area contributed by atoms with Gasteiger partial charge in [0.1, 0.15) is 11.6 Å². The third kappa shape index (κ3) is 4.38. The van der Waals surface area contributed by atoms with Crippen LogP contribution in [-0.4, -0.2) is 19.9 Å². The summed E-state index contributed by atoms with van der Waals surface area (Å²) >= 11 is 0. The molecule has 2 rings (SSSR count).